The summed E-state index contributed by atoms with van der Waals surface area (Å²) in [5.74, 6) is -0.195. The number of rotatable bonds is 5. The van der Waals surface area contributed by atoms with Gasteiger partial charge in [-0.15, -0.1) is 0 Å². The molecule has 0 spiro atoms. The molecule has 0 aliphatic carbocycles. The molecule has 1 amide bonds. The van der Waals surface area contributed by atoms with Crippen LogP contribution in [0.4, 0.5) is 0 Å². The molecule has 0 bridgehead atoms. The number of hydrogen-bond acceptors (Lipinski definition) is 5. The van der Waals surface area contributed by atoms with Gasteiger partial charge in [0, 0.05) is 12.7 Å². The Hall–Kier alpha value is -1.79. The van der Waals surface area contributed by atoms with Crippen LogP contribution in [0.1, 0.15) is 27.8 Å². The Morgan fingerprint density at radius 1 is 1.40 bits per heavy atom. The summed E-state index contributed by atoms with van der Waals surface area (Å²) >= 11 is 1.66. The molecular formula is C14H18N4OS. The van der Waals surface area contributed by atoms with Crippen LogP contribution < -0.4 is 5.32 Å². The summed E-state index contributed by atoms with van der Waals surface area (Å²) in [5.41, 5.74) is 2.35. The molecule has 0 saturated carbocycles. The molecule has 2 aromatic heterocycles. The van der Waals surface area contributed by atoms with Crippen molar-refractivity contribution in [1.29, 1.82) is 0 Å². The quantitative estimate of drug-likeness (QED) is 0.913. The van der Waals surface area contributed by atoms with E-state index in [-0.39, 0.29) is 11.9 Å². The maximum Gasteiger partial charge on any atom is 0.271 e. The highest BCUT2D eigenvalue weighted by atomic mass is 32.1. The minimum atomic E-state index is -0.195. The van der Waals surface area contributed by atoms with Gasteiger partial charge in [-0.1, -0.05) is 0 Å². The Labute approximate surface area is 122 Å². The molecular weight excluding hydrogens is 272 g/mol. The first-order chi connectivity index (χ1) is 9.58. The van der Waals surface area contributed by atoms with E-state index in [1.165, 1.54) is 11.8 Å². The topological polar surface area (TPSA) is 58.1 Å². The number of hydrogen-bond donors (Lipinski definition) is 1. The smallest absolute Gasteiger partial charge is 0.271 e. The molecule has 1 N–H and O–H groups in total. The number of thiophene rings is 1. The van der Waals surface area contributed by atoms with Crippen molar-refractivity contribution < 1.29 is 4.79 Å². The summed E-state index contributed by atoms with van der Waals surface area (Å²) in [5, 5.41) is 7.05. The van der Waals surface area contributed by atoms with Crippen LogP contribution in [0.2, 0.25) is 0 Å². The number of aryl methyl sites for hydroxylation is 1. The predicted octanol–water partition coefficient (Wildman–Crippen LogP) is 1.88. The van der Waals surface area contributed by atoms with Crippen LogP contribution in [-0.4, -0.2) is 41.4 Å². The van der Waals surface area contributed by atoms with Gasteiger partial charge in [0.25, 0.3) is 5.91 Å². The normalized spacial score (nSPS) is 12.4. The third kappa shape index (κ3) is 3.61. The summed E-state index contributed by atoms with van der Waals surface area (Å²) in [6.45, 7) is 2.38. The van der Waals surface area contributed by atoms with Gasteiger partial charge in [0.15, 0.2) is 0 Å². The molecule has 0 aromatic carbocycles. The molecule has 0 saturated heterocycles. The molecule has 20 heavy (non-hydrogen) atoms. The van der Waals surface area contributed by atoms with Gasteiger partial charge in [-0.3, -0.25) is 9.78 Å². The zero-order valence-corrected chi connectivity index (χ0v) is 12.6. The summed E-state index contributed by atoms with van der Waals surface area (Å²) in [7, 11) is 4.00. The molecule has 0 fully saturated rings. The lowest BCUT2D eigenvalue weighted by Crippen LogP contribution is -2.34. The fourth-order valence-electron chi connectivity index (χ4n) is 1.85. The van der Waals surface area contributed by atoms with E-state index < -0.39 is 0 Å². The maximum atomic E-state index is 12.0. The first-order valence-corrected chi connectivity index (χ1v) is 7.27. The number of nitrogens with zero attached hydrogens (tertiary/aromatic N) is 3. The fraction of sp³-hybridized carbons (Fsp3) is 0.357. The number of nitrogens with one attached hydrogen (secondary N) is 1. The van der Waals surface area contributed by atoms with Gasteiger partial charge in [0.1, 0.15) is 5.69 Å². The minimum absolute atomic E-state index is 0.156. The summed E-state index contributed by atoms with van der Waals surface area (Å²) in [6.07, 6.45) is 3.09. The molecule has 0 aliphatic heterocycles. The van der Waals surface area contributed by atoms with Crippen molar-refractivity contribution in [3.05, 3.63) is 46.2 Å². The molecule has 1 atom stereocenters. The van der Waals surface area contributed by atoms with Gasteiger partial charge < -0.3 is 10.2 Å². The lowest BCUT2D eigenvalue weighted by molar-refractivity contribution is 0.0936. The van der Waals surface area contributed by atoms with Gasteiger partial charge >= 0.3 is 0 Å². The van der Waals surface area contributed by atoms with E-state index >= 15 is 0 Å². The molecule has 5 nitrogen and oxygen atoms in total. The summed E-state index contributed by atoms with van der Waals surface area (Å²) < 4.78 is 0. The van der Waals surface area contributed by atoms with E-state index in [1.54, 1.807) is 17.5 Å². The number of aromatic nitrogens is 2. The Kier molecular flexibility index (Phi) is 4.81. The van der Waals surface area contributed by atoms with E-state index in [0.717, 1.165) is 5.69 Å². The average Bonchev–Trinajstić information content (AvgIpc) is 2.93. The lowest BCUT2D eigenvalue weighted by Gasteiger charge is -2.23. The highest BCUT2D eigenvalue weighted by Gasteiger charge is 2.16. The summed E-state index contributed by atoms with van der Waals surface area (Å²) in [4.78, 5) is 22.3. The Bertz CT molecular complexity index is 551. The molecule has 2 aromatic rings. The molecule has 0 radical (unpaired) electrons. The average molecular weight is 290 g/mol. The number of amides is 1. The van der Waals surface area contributed by atoms with Crippen LogP contribution in [0.5, 0.6) is 0 Å². The Balaban J connectivity index is 1.99. The van der Waals surface area contributed by atoms with E-state index in [9.17, 15) is 4.79 Å². The van der Waals surface area contributed by atoms with Gasteiger partial charge in [0.2, 0.25) is 0 Å². The Morgan fingerprint density at radius 2 is 2.20 bits per heavy atom. The second-order valence-electron chi connectivity index (χ2n) is 4.79. The van der Waals surface area contributed by atoms with Crippen molar-refractivity contribution in [2.75, 3.05) is 20.6 Å². The van der Waals surface area contributed by atoms with Gasteiger partial charge in [0.05, 0.1) is 17.9 Å². The van der Waals surface area contributed by atoms with Crippen LogP contribution in [0, 0.1) is 6.92 Å². The zero-order chi connectivity index (χ0) is 14.5. The van der Waals surface area contributed by atoms with E-state index in [1.807, 2.05) is 26.4 Å². The van der Waals surface area contributed by atoms with Crippen LogP contribution >= 0.6 is 11.3 Å². The third-order valence-corrected chi connectivity index (χ3v) is 3.72. The SMILES string of the molecule is Cc1cnc(C(=O)NC[C@H](c2ccsc2)N(C)C)cn1. The van der Waals surface area contributed by atoms with Crippen LogP contribution in [0.15, 0.2) is 29.2 Å². The number of likely N-dealkylation sites (N-methyl/N-ethyl adjacent to an activating group) is 1. The zero-order valence-electron chi connectivity index (χ0n) is 11.8. The van der Waals surface area contributed by atoms with Crippen LogP contribution in [-0.2, 0) is 0 Å². The molecule has 0 unspecified atom stereocenters. The van der Waals surface area contributed by atoms with Crippen LogP contribution in [0.3, 0.4) is 0 Å². The minimum Gasteiger partial charge on any atom is -0.349 e. The lowest BCUT2D eigenvalue weighted by atomic mass is 10.1. The van der Waals surface area contributed by atoms with E-state index in [4.69, 9.17) is 0 Å². The van der Waals surface area contributed by atoms with Crippen molar-refractivity contribution in [3.63, 3.8) is 0 Å². The van der Waals surface area contributed by atoms with Gasteiger partial charge in [-0.2, -0.15) is 11.3 Å². The van der Waals surface area contributed by atoms with Gasteiger partial charge in [-0.25, -0.2) is 4.98 Å². The second kappa shape index (κ2) is 6.58. The largest absolute Gasteiger partial charge is 0.349 e. The first-order valence-electron chi connectivity index (χ1n) is 6.33. The van der Waals surface area contributed by atoms with Crippen molar-refractivity contribution in [2.45, 2.75) is 13.0 Å². The third-order valence-electron chi connectivity index (χ3n) is 3.02. The van der Waals surface area contributed by atoms with E-state index in [0.29, 0.717) is 12.2 Å². The number of carbonyl (C=O) groups excluding carboxylic acids is 1. The highest BCUT2D eigenvalue weighted by molar-refractivity contribution is 7.07. The maximum absolute atomic E-state index is 12.0. The molecule has 0 aliphatic rings. The van der Waals surface area contributed by atoms with Crippen molar-refractivity contribution in [1.82, 2.24) is 20.2 Å². The first kappa shape index (κ1) is 14.6. The molecule has 6 heteroatoms. The monoisotopic (exact) mass is 290 g/mol. The number of carbonyl (C=O) groups is 1. The van der Waals surface area contributed by atoms with Gasteiger partial charge in [-0.05, 0) is 43.4 Å². The van der Waals surface area contributed by atoms with E-state index in [2.05, 4.69) is 31.6 Å². The van der Waals surface area contributed by atoms with Crippen LogP contribution in [0.25, 0.3) is 0 Å². The molecule has 2 heterocycles. The summed E-state index contributed by atoms with van der Waals surface area (Å²) in [6, 6.07) is 2.23. The standard InChI is InChI=1S/C14H18N4OS/c1-10-6-16-12(7-15-10)14(19)17-8-13(18(2)3)11-4-5-20-9-11/h4-7,9,13H,8H2,1-3H3,(H,17,19)/t13-/m1/s1. The van der Waals surface area contributed by atoms with Crippen molar-refractivity contribution in [3.8, 4) is 0 Å². The Morgan fingerprint density at radius 3 is 2.75 bits per heavy atom. The second-order valence-corrected chi connectivity index (χ2v) is 5.57. The highest BCUT2D eigenvalue weighted by Crippen LogP contribution is 2.19. The fourth-order valence-corrected chi connectivity index (χ4v) is 2.56. The van der Waals surface area contributed by atoms with Crippen molar-refractivity contribution >= 4 is 17.2 Å². The molecule has 106 valence electrons. The van der Waals surface area contributed by atoms with Crippen molar-refractivity contribution in [2.24, 2.45) is 0 Å². The predicted molar refractivity (Wildman–Crippen MR) is 79.8 cm³/mol. The molecule has 2 rings (SSSR count).